The summed E-state index contributed by atoms with van der Waals surface area (Å²) >= 11 is 0. The van der Waals surface area contributed by atoms with Crippen molar-refractivity contribution in [1.82, 2.24) is 0 Å². The van der Waals surface area contributed by atoms with Gasteiger partial charge in [0.1, 0.15) is 6.10 Å². The van der Waals surface area contributed by atoms with Crippen molar-refractivity contribution in [3.63, 3.8) is 0 Å². The van der Waals surface area contributed by atoms with E-state index in [1.54, 1.807) is 26.0 Å². The Kier molecular flexibility index (Phi) is 4.35. The molecule has 29 heavy (non-hydrogen) atoms. The van der Waals surface area contributed by atoms with E-state index >= 15 is 0 Å². The molecule has 0 heterocycles. The summed E-state index contributed by atoms with van der Waals surface area (Å²) < 4.78 is 0. The van der Waals surface area contributed by atoms with Crippen molar-refractivity contribution in [1.29, 1.82) is 0 Å². The van der Waals surface area contributed by atoms with E-state index in [9.17, 15) is 40.9 Å². The quantitative estimate of drug-likeness (QED) is 0.252. The van der Waals surface area contributed by atoms with Crippen LogP contribution in [-0.2, 0) is 0 Å². The SMILES string of the molecule is C[C@H](O)[C@@]1(O)CC[C@H]2C3=CC=C4CC(O)(O)C(O)(O)C(O)[C@]4(C)[C@H]3[C@@H](O)C[C@@]21C. The van der Waals surface area contributed by atoms with Crippen molar-refractivity contribution in [2.24, 2.45) is 22.7 Å². The Morgan fingerprint density at radius 2 is 1.66 bits per heavy atom. The van der Waals surface area contributed by atoms with Crippen molar-refractivity contribution in [2.75, 3.05) is 0 Å². The molecule has 8 N–H and O–H groups in total. The van der Waals surface area contributed by atoms with Crippen molar-refractivity contribution in [3.8, 4) is 0 Å². The van der Waals surface area contributed by atoms with Gasteiger partial charge in [0, 0.05) is 23.2 Å². The van der Waals surface area contributed by atoms with Crippen molar-refractivity contribution >= 4 is 0 Å². The summed E-state index contributed by atoms with van der Waals surface area (Å²) in [7, 11) is 0. The maximum Gasteiger partial charge on any atom is 0.246 e. The number of hydrogen-bond acceptors (Lipinski definition) is 8. The monoisotopic (exact) mass is 412 g/mol. The highest BCUT2D eigenvalue weighted by atomic mass is 16.6. The molecule has 0 amide bonds. The van der Waals surface area contributed by atoms with Gasteiger partial charge >= 0.3 is 0 Å². The molecule has 164 valence electrons. The van der Waals surface area contributed by atoms with Gasteiger partial charge in [-0.3, -0.25) is 0 Å². The van der Waals surface area contributed by atoms with Gasteiger partial charge in [0.05, 0.1) is 17.8 Å². The van der Waals surface area contributed by atoms with E-state index in [-0.39, 0.29) is 12.3 Å². The van der Waals surface area contributed by atoms with Crippen LogP contribution in [0.5, 0.6) is 0 Å². The Labute approximate surface area is 169 Å². The molecule has 0 saturated heterocycles. The smallest absolute Gasteiger partial charge is 0.246 e. The Hall–Kier alpha value is -0.840. The molecule has 0 aliphatic heterocycles. The van der Waals surface area contributed by atoms with Crippen LogP contribution in [0.4, 0.5) is 0 Å². The molecule has 8 heteroatoms. The normalized spacial score (nSPS) is 51.3. The summed E-state index contributed by atoms with van der Waals surface area (Å²) in [6.07, 6.45) is 0.0389. The van der Waals surface area contributed by atoms with E-state index in [2.05, 4.69) is 0 Å². The van der Waals surface area contributed by atoms with Crippen LogP contribution in [0.1, 0.15) is 46.5 Å². The molecular formula is C21H32O8. The summed E-state index contributed by atoms with van der Waals surface area (Å²) in [5, 5.41) is 84.5. The summed E-state index contributed by atoms with van der Waals surface area (Å²) in [5.41, 5.74) is -2.32. The van der Waals surface area contributed by atoms with Crippen molar-refractivity contribution < 1.29 is 40.9 Å². The lowest BCUT2D eigenvalue weighted by atomic mass is 9.47. The van der Waals surface area contributed by atoms with Gasteiger partial charge in [-0.25, -0.2) is 0 Å². The van der Waals surface area contributed by atoms with Crippen LogP contribution in [-0.4, -0.2) is 76.3 Å². The van der Waals surface area contributed by atoms with Crippen molar-refractivity contribution in [3.05, 3.63) is 23.3 Å². The second-order valence-electron chi connectivity index (χ2n) is 10.1. The highest BCUT2D eigenvalue weighted by molar-refractivity contribution is 5.43. The van der Waals surface area contributed by atoms with Gasteiger partial charge in [0.15, 0.2) is 0 Å². The highest BCUT2D eigenvalue weighted by Gasteiger charge is 2.71. The standard InChI is InChI=1S/C21H32O8/c1-10(22)19(25)7-6-13-12-5-4-11-8-20(26,27)21(28,29)16(24)18(11,3)15(12)14(23)9-17(13,19)2/h4-5,10,13-16,22-29H,6-9H2,1-3H3/t10-,13-,14-,15+,16?,17-,18-,19-/m0/s1. The third-order valence-electron chi connectivity index (χ3n) is 8.83. The van der Waals surface area contributed by atoms with Gasteiger partial charge in [-0.15, -0.1) is 0 Å². The lowest BCUT2D eigenvalue weighted by molar-refractivity contribution is -0.408. The molecule has 3 saturated carbocycles. The molecule has 4 aliphatic rings. The Morgan fingerprint density at radius 1 is 1.03 bits per heavy atom. The minimum Gasteiger partial charge on any atom is -0.392 e. The largest absolute Gasteiger partial charge is 0.392 e. The van der Waals surface area contributed by atoms with Gasteiger partial charge in [-0.2, -0.15) is 0 Å². The van der Waals surface area contributed by atoms with Crippen LogP contribution >= 0.6 is 0 Å². The lowest BCUT2D eigenvalue weighted by Gasteiger charge is -2.61. The van der Waals surface area contributed by atoms with Gasteiger partial charge in [-0.05, 0) is 32.1 Å². The first-order chi connectivity index (χ1) is 13.1. The number of rotatable bonds is 1. The van der Waals surface area contributed by atoms with E-state index in [4.69, 9.17) is 0 Å². The zero-order valence-corrected chi connectivity index (χ0v) is 16.9. The van der Waals surface area contributed by atoms with Crippen LogP contribution < -0.4 is 0 Å². The molecule has 3 fully saturated rings. The molecule has 0 bridgehead atoms. The zero-order chi connectivity index (χ0) is 21.8. The van der Waals surface area contributed by atoms with Crippen molar-refractivity contribution in [2.45, 2.75) is 81.9 Å². The molecule has 0 aromatic rings. The number of allylic oxidation sites excluding steroid dienone is 2. The molecule has 0 radical (unpaired) electrons. The predicted molar refractivity (Wildman–Crippen MR) is 101 cm³/mol. The van der Waals surface area contributed by atoms with Crippen LogP contribution in [0.3, 0.4) is 0 Å². The second kappa shape index (κ2) is 5.89. The Morgan fingerprint density at radius 3 is 2.24 bits per heavy atom. The fourth-order valence-corrected chi connectivity index (χ4v) is 6.97. The lowest BCUT2D eigenvalue weighted by Crippen LogP contribution is -2.72. The number of aliphatic hydroxyl groups is 8. The third kappa shape index (κ3) is 2.32. The van der Waals surface area contributed by atoms with Crippen LogP contribution in [0, 0.1) is 22.7 Å². The molecule has 8 atom stereocenters. The minimum absolute atomic E-state index is 0.157. The number of aliphatic hydroxyl groups excluding tert-OH is 3. The number of hydrogen-bond donors (Lipinski definition) is 8. The first-order valence-corrected chi connectivity index (χ1v) is 10.2. The van der Waals surface area contributed by atoms with Gasteiger partial charge in [0.25, 0.3) is 0 Å². The number of fused-ring (bicyclic) bond motifs is 5. The van der Waals surface area contributed by atoms with E-state index in [1.165, 1.54) is 0 Å². The minimum atomic E-state index is -3.18. The topological polar surface area (TPSA) is 162 Å². The van der Waals surface area contributed by atoms with E-state index in [1.807, 2.05) is 6.92 Å². The van der Waals surface area contributed by atoms with Gasteiger partial charge in [0.2, 0.25) is 11.6 Å². The molecule has 0 aromatic carbocycles. The Bertz CT molecular complexity index is 786. The fraction of sp³-hybridized carbons (Fsp3) is 0.810. The molecule has 0 aromatic heterocycles. The first kappa shape index (κ1) is 21.4. The highest BCUT2D eigenvalue weighted by Crippen LogP contribution is 2.67. The van der Waals surface area contributed by atoms with E-state index in [0.717, 1.165) is 5.57 Å². The molecular weight excluding hydrogens is 380 g/mol. The second-order valence-corrected chi connectivity index (χ2v) is 10.1. The van der Waals surface area contributed by atoms with Crippen LogP contribution in [0.2, 0.25) is 0 Å². The Balaban J connectivity index is 1.85. The van der Waals surface area contributed by atoms with Gasteiger partial charge < -0.3 is 40.9 Å². The maximum absolute atomic E-state index is 11.2. The zero-order valence-electron chi connectivity index (χ0n) is 16.9. The molecule has 8 nitrogen and oxygen atoms in total. The van der Waals surface area contributed by atoms with Crippen LogP contribution in [0.25, 0.3) is 0 Å². The summed E-state index contributed by atoms with van der Waals surface area (Å²) in [5.74, 6) is -6.99. The molecule has 1 unspecified atom stereocenters. The third-order valence-corrected chi connectivity index (χ3v) is 8.83. The first-order valence-electron chi connectivity index (χ1n) is 10.2. The fourth-order valence-electron chi connectivity index (χ4n) is 6.97. The molecule has 4 aliphatic carbocycles. The maximum atomic E-state index is 11.2. The summed E-state index contributed by atoms with van der Waals surface area (Å²) in [6.45, 7) is 4.99. The molecule has 0 spiro atoms. The van der Waals surface area contributed by atoms with Crippen LogP contribution in [0.15, 0.2) is 23.3 Å². The van der Waals surface area contributed by atoms with Gasteiger partial charge in [-0.1, -0.05) is 37.1 Å². The van der Waals surface area contributed by atoms with E-state index in [0.29, 0.717) is 18.4 Å². The average molecular weight is 412 g/mol. The van der Waals surface area contributed by atoms with E-state index < -0.39 is 58.7 Å². The summed E-state index contributed by atoms with van der Waals surface area (Å²) in [6, 6.07) is 0. The average Bonchev–Trinajstić information content (AvgIpc) is 2.87. The molecule has 4 rings (SSSR count). The summed E-state index contributed by atoms with van der Waals surface area (Å²) in [4.78, 5) is 0. The predicted octanol–water partition coefficient (Wildman–Crippen LogP) is -1.11.